The van der Waals surface area contributed by atoms with Crippen LogP contribution in [0.5, 0.6) is 5.75 Å². The van der Waals surface area contributed by atoms with Crippen LogP contribution >= 0.6 is 11.6 Å². The van der Waals surface area contributed by atoms with E-state index in [1.807, 2.05) is 32.9 Å². The molecule has 0 aliphatic rings. The summed E-state index contributed by atoms with van der Waals surface area (Å²) in [5.41, 5.74) is 1.07. The van der Waals surface area contributed by atoms with E-state index in [0.717, 1.165) is 5.56 Å². The molecule has 0 aliphatic carbocycles. The van der Waals surface area contributed by atoms with E-state index in [1.54, 1.807) is 12.1 Å². The summed E-state index contributed by atoms with van der Waals surface area (Å²) in [6.07, 6.45) is 0. The maximum absolute atomic E-state index is 8.25. The molecule has 0 bridgehead atoms. The molecule has 0 aliphatic heterocycles. The molecule has 0 radical (unpaired) electrons. The van der Waals surface area contributed by atoms with Crippen molar-refractivity contribution < 1.29 is 4.74 Å². The topological polar surface area (TPSA) is 33.0 Å². The third kappa shape index (κ3) is 4.15. The van der Waals surface area contributed by atoms with Crippen molar-refractivity contribution in [2.45, 2.75) is 20.8 Å². The number of hydrogen-bond acceptors (Lipinski definition) is 2. The van der Waals surface area contributed by atoms with Crippen molar-refractivity contribution >= 4 is 11.6 Å². The SMILES string of the molecule is CC.Cc1ccc(OCC#N)c(Cl)c1. The minimum Gasteiger partial charge on any atom is -0.477 e. The smallest absolute Gasteiger partial charge is 0.174 e. The van der Waals surface area contributed by atoms with Crippen LogP contribution in [0.4, 0.5) is 0 Å². The summed E-state index contributed by atoms with van der Waals surface area (Å²) in [6.45, 7) is 5.97. The van der Waals surface area contributed by atoms with E-state index in [0.29, 0.717) is 10.8 Å². The van der Waals surface area contributed by atoms with Crippen molar-refractivity contribution in [1.29, 1.82) is 5.26 Å². The number of ether oxygens (including phenoxy) is 1. The second kappa shape index (κ2) is 7.23. The van der Waals surface area contributed by atoms with Crippen LogP contribution in [-0.2, 0) is 0 Å². The Balaban J connectivity index is 0.000000791. The van der Waals surface area contributed by atoms with Crippen LogP contribution in [0.2, 0.25) is 5.02 Å². The summed E-state index contributed by atoms with van der Waals surface area (Å²) in [5.74, 6) is 0.559. The zero-order chi connectivity index (χ0) is 11.0. The lowest BCUT2D eigenvalue weighted by Crippen LogP contribution is -1.93. The lowest BCUT2D eigenvalue weighted by Gasteiger charge is -2.03. The van der Waals surface area contributed by atoms with Gasteiger partial charge in [0.05, 0.1) is 5.02 Å². The van der Waals surface area contributed by atoms with Gasteiger partial charge in [-0.25, -0.2) is 0 Å². The fourth-order valence-electron chi connectivity index (χ4n) is 0.833. The molecule has 1 aromatic carbocycles. The molecule has 0 atom stereocenters. The zero-order valence-corrected chi connectivity index (χ0v) is 9.43. The van der Waals surface area contributed by atoms with Crippen molar-refractivity contribution in [1.82, 2.24) is 0 Å². The first-order valence-electron chi connectivity index (χ1n) is 4.50. The van der Waals surface area contributed by atoms with Crippen LogP contribution in [0, 0.1) is 18.3 Å². The van der Waals surface area contributed by atoms with Crippen molar-refractivity contribution in [3.05, 3.63) is 28.8 Å². The average Bonchev–Trinajstić information content (AvgIpc) is 2.20. The van der Waals surface area contributed by atoms with Gasteiger partial charge in [-0.1, -0.05) is 31.5 Å². The average molecular weight is 212 g/mol. The molecule has 0 saturated carbocycles. The third-order valence-corrected chi connectivity index (χ3v) is 1.67. The Bertz CT molecular complexity index is 318. The predicted octanol–water partition coefficient (Wildman–Crippen LogP) is 3.58. The van der Waals surface area contributed by atoms with Gasteiger partial charge < -0.3 is 4.74 Å². The number of nitrogens with zero attached hydrogens (tertiary/aromatic N) is 1. The quantitative estimate of drug-likeness (QED) is 0.749. The maximum atomic E-state index is 8.25. The van der Waals surface area contributed by atoms with Crippen LogP contribution in [0.25, 0.3) is 0 Å². The van der Waals surface area contributed by atoms with E-state index >= 15 is 0 Å². The number of hydrogen-bond donors (Lipinski definition) is 0. The summed E-state index contributed by atoms with van der Waals surface area (Å²) in [7, 11) is 0. The molecule has 0 heterocycles. The Hall–Kier alpha value is -1.20. The van der Waals surface area contributed by atoms with Gasteiger partial charge in [0.15, 0.2) is 6.61 Å². The van der Waals surface area contributed by atoms with Gasteiger partial charge >= 0.3 is 0 Å². The first-order valence-corrected chi connectivity index (χ1v) is 4.87. The lowest BCUT2D eigenvalue weighted by atomic mass is 10.2. The molecule has 0 fully saturated rings. The van der Waals surface area contributed by atoms with Gasteiger partial charge in [0.1, 0.15) is 11.8 Å². The minimum atomic E-state index is 0.0305. The van der Waals surface area contributed by atoms with E-state index in [9.17, 15) is 0 Å². The summed E-state index contributed by atoms with van der Waals surface area (Å²) < 4.78 is 5.05. The van der Waals surface area contributed by atoms with Gasteiger partial charge in [-0.15, -0.1) is 0 Å². The normalized spacial score (nSPS) is 8.21. The second-order valence-corrected chi connectivity index (χ2v) is 2.79. The minimum absolute atomic E-state index is 0.0305. The summed E-state index contributed by atoms with van der Waals surface area (Å²) in [6, 6.07) is 7.32. The van der Waals surface area contributed by atoms with Gasteiger partial charge in [-0.3, -0.25) is 0 Å². The summed E-state index contributed by atoms with van der Waals surface area (Å²) in [5, 5.41) is 8.80. The van der Waals surface area contributed by atoms with Gasteiger partial charge in [0.2, 0.25) is 0 Å². The molecule has 0 aromatic heterocycles. The molecule has 0 N–H and O–H groups in total. The van der Waals surface area contributed by atoms with Gasteiger partial charge in [0, 0.05) is 0 Å². The second-order valence-electron chi connectivity index (χ2n) is 2.38. The first-order chi connectivity index (χ1) is 6.74. The highest BCUT2D eigenvalue weighted by Crippen LogP contribution is 2.24. The molecule has 1 rings (SSSR count). The Morgan fingerprint density at radius 2 is 2.07 bits per heavy atom. The van der Waals surface area contributed by atoms with Gasteiger partial charge in [0.25, 0.3) is 0 Å². The van der Waals surface area contributed by atoms with E-state index < -0.39 is 0 Å². The van der Waals surface area contributed by atoms with Crippen molar-refractivity contribution in [3.8, 4) is 11.8 Å². The Labute approximate surface area is 90.1 Å². The number of benzene rings is 1. The fourth-order valence-corrected chi connectivity index (χ4v) is 1.12. The molecular formula is C11H14ClNO. The molecule has 1 aromatic rings. The summed E-state index contributed by atoms with van der Waals surface area (Å²) in [4.78, 5) is 0. The van der Waals surface area contributed by atoms with Gasteiger partial charge in [-0.2, -0.15) is 5.26 Å². The lowest BCUT2D eigenvalue weighted by molar-refractivity contribution is 0.368. The largest absolute Gasteiger partial charge is 0.477 e. The van der Waals surface area contributed by atoms with E-state index in [2.05, 4.69) is 0 Å². The third-order valence-electron chi connectivity index (χ3n) is 1.38. The standard InChI is InChI=1S/C9H8ClNO.C2H6/c1-7-2-3-9(8(10)6-7)12-5-4-11;1-2/h2-3,6H,5H2,1H3;1-2H3. The molecule has 14 heavy (non-hydrogen) atoms. The molecule has 0 unspecified atom stereocenters. The molecule has 0 saturated heterocycles. The molecular weight excluding hydrogens is 198 g/mol. The van der Waals surface area contributed by atoms with Crippen molar-refractivity contribution in [2.75, 3.05) is 6.61 Å². The Morgan fingerprint density at radius 1 is 1.43 bits per heavy atom. The number of halogens is 1. The fraction of sp³-hybridized carbons (Fsp3) is 0.364. The highest BCUT2D eigenvalue weighted by Gasteiger charge is 1.99. The monoisotopic (exact) mass is 211 g/mol. The van der Waals surface area contributed by atoms with Crippen LogP contribution in [0.1, 0.15) is 19.4 Å². The van der Waals surface area contributed by atoms with Crippen LogP contribution in [0.3, 0.4) is 0 Å². The van der Waals surface area contributed by atoms with Crippen LogP contribution in [-0.4, -0.2) is 6.61 Å². The van der Waals surface area contributed by atoms with Crippen molar-refractivity contribution in [3.63, 3.8) is 0 Å². The molecule has 76 valence electrons. The molecule has 2 nitrogen and oxygen atoms in total. The Kier molecular flexibility index (Phi) is 6.61. The number of rotatable bonds is 2. The number of nitriles is 1. The van der Waals surface area contributed by atoms with E-state index in [4.69, 9.17) is 21.6 Å². The van der Waals surface area contributed by atoms with E-state index in [1.165, 1.54) is 0 Å². The zero-order valence-electron chi connectivity index (χ0n) is 8.67. The van der Waals surface area contributed by atoms with Crippen LogP contribution in [0.15, 0.2) is 18.2 Å². The summed E-state index contributed by atoms with van der Waals surface area (Å²) >= 11 is 5.83. The van der Waals surface area contributed by atoms with Crippen LogP contribution < -0.4 is 4.74 Å². The van der Waals surface area contributed by atoms with E-state index in [-0.39, 0.29) is 6.61 Å². The predicted molar refractivity (Wildman–Crippen MR) is 58.6 cm³/mol. The molecule has 3 heteroatoms. The molecule has 0 spiro atoms. The molecule has 0 amide bonds. The first kappa shape index (κ1) is 12.8. The Morgan fingerprint density at radius 3 is 2.57 bits per heavy atom. The van der Waals surface area contributed by atoms with Crippen molar-refractivity contribution in [2.24, 2.45) is 0 Å². The maximum Gasteiger partial charge on any atom is 0.174 e. The number of aryl methyl sites for hydroxylation is 1. The highest BCUT2D eigenvalue weighted by molar-refractivity contribution is 6.32. The van der Waals surface area contributed by atoms with Gasteiger partial charge in [-0.05, 0) is 24.6 Å². The highest BCUT2D eigenvalue weighted by atomic mass is 35.5.